The Kier molecular flexibility index (Phi) is 1.49. The summed E-state index contributed by atoms with van der Waals surface area (Å²) in [5.74, 6) is -0.0217. The van der Waals surface area contributed by atoms with E-state index in [2.05, 4.69) is 0 Å². The molecule has 0 aromatic carbocycles. The van der Waals surface area contributed by atoms with Crippen LogP contribution in [0.5, 0.6) is 0 Å². The van der Waals surface area contributed by atoms with Gasteiger partial charge in [0.2, 0.25) is 0 Å². The van der Waals surface area contributed by atoms with Crippen molar-refractivity contribution in [3.63, 3.8) is 0 Å². The number of hydrogen-bond acceptors (Lipinski definition) is 2. The standard InChI is InChI=1S/C8H10O2/c1-6-5-8(2,10)4-3-7(6)9/h3-5,10H,1-2H3. The highest BCUT2D eigenvalue weighted by Gasteiger charge is 2.19. The molecule has 1 unspecified atom stereocenters. The van der Waals surface area contributed by atoms with E-state index < -0.39 is 5.60 Å². The fraction of sp³-hybridized carbons (Fsp3) is 0.375. The van der Waals surface area contributed by atoms with Gasteiger partial charge in [0.15, 0.2) is 5.78 Å². The van der Waals surface area contributed by atoms with Crippen LogP contribution in [-0.2, 0) is 4.79 Å². The second kappa shape index (κ2) is 2.06. The highest BCUT2D eigenvalue weighted by Crippen LogP contribution is 2.16. The zero-order valence-electron chi connectivity index (χ0n) is 6.09. The minimum atomic E-state index is -0.933. The molecule has 0 spiro atoms. The van der Waals surface area contributed by atoms with Gasteiger partial charge < -0.3 is 5.11 Å². The average Bonchev–Trinajstić information content (AvgIpc) is 1.79. The lowest BCUT2D eigenvalue weighted by Crippen LogP contribution is -2.22. The van der Waals surface area contributed by atoms with Gasteiger partial charge in [-0.1, -0.05) is 0 Å². The summed E-state index contributed by atoms with van der Waals surface area (Å²) in [6, 6.07) is 0. The van der Waals surface area contributed by atoms with Crippen molar-refractivity contribution in [2.24, 2.45) is 0 Å². The maximum atomic E-state index is 10.8. The lowest BCUT2D eigenvalue weighted by atomic mass is 9.95. The Morgan fingerprint density at radius 1 is 1.60 bits per heavy atom. The van der Waals surface area contributed by atoms with Crippen molar-refractivity contribution >= 4 is 5.78 Å². The zero-order chi connectivity index (χ0) is 7.78. The number of hydrogen-bond donors (Lipinski definition) is 1. The van der Waals surface area contributed by atoms with Gasteiger partial charge >= 0.3 is 0 Å². The monoisotopic (exact) mass is 138 g/mol. The first-order valence-corrected chi connectivity index (χ1v) is 3.17. The van der Waals surface area contributed by atoms with Gasteiger partial charge in [0.05, 0.1) is 5.60 Å². The first-order chi connectivity index (χ1) is 4.51. The molecule has 1 N–H and O–H groups in total. The third-order valence-corrected chi connectivity index (χ3v) is 1.47. The fourth-order valence-electron chi connectivity index (χ4n) is 0.933. The Morgan fingerprint density at radius 3 is 2.60 bits per heavy atom. The van der Waals surface area contributed by atoms with Gasteiger partial charge in [0.1, 0.15) is 0 Å². The van der Waals surface area contributed by atoms with Crippen LogP contribution < -0.4 is 0 Å². The lowest BCUT2D eigenvalue weighted by Gasteiger charge is -2.17. The van der Waals surface area contributed by atoms with E-state index in [-0.39, 0.29) is 5.78 Å². The fourth-order valence-corrected chi connectivity index (χ4v) is 0.933. The van der Waals surface area contributed by atoms with Gasteiger partial charge in [0, 0.05) is 0 Å². The maximum absolute atomic E-state index is 10.8. The molecule has 2 heteroatoms. The van der Waals surface area contributed by atoms with E-state index in [1.54, 1.807) is 19.9 Å². The van der Waals surface area contributed by atoms with Gasteiger partial charge in [0.25, 0.3) is 0 Å². The van der Waals surface area contributed by atoms with E-state index in [0.717, 1.165) is 0 Å². The van der Waals surface area contributed by atoms with E-state index in [1.807, 2.05) is 0 Å². The van der Waals surface area contributed by atoms with Crippen LogP contribution in [-0.4, -0.2) is 16.5 Å². The third kappa shape index (κ3) is 1.33. The van der Waals surface area contributed by atoms with Crippen LogP contribution in [0.1, 0.15) is 13.8 Å². The minimum Gasteiger partial charge on any atom is -0.382 e. The SMILES string of the molecule is CC1=CC(C)(O)C=CC1=O. The first kappa shape index (κ1) is 7.22. The Labute approximate surface area is 59.9 Å². The van der Waals surface area contributed by atoms with Crippen LogP contribution in [0, 0.1) is 0 Å². The molecule has 0 saturated carbocycles. The molecule has 0 aliphatic heterocycles. The van der Waals surface area contributed by atoms with E-state index in [0.29, 0.717) is 5.57 Å². The Bertz CT molecular complexity index is 221. The predicted molar refractivity (Wildman–Crippen MR) is 38.5 cm³/mol. The summed E-state index contributed by atoms with van der Waals surface area (Å²) >= 11 is 0. The Balaban J connectivity index is 2.95. The summed E-state index contributed by atoms with van der Waals surface area (Å²) < 4.78 is 0. The van der Waals surface area contributed by atoms with Crippen LogP contribution in [0.4, 0.5) is 0 Å². The second-order valence-electron chi connectivity index (χ2n) is 2.75. The van der Waals surface area contributed by atoms with Crippen molar-refractivity contribution in [2.45, 2.75) is 19.4 Å². The summed E-state index contributed by atoms with van der Waals surface area (Å²) in [6.45, 7) is 3.33. The molecule has 0 heterocycles. The molecule has 0 aromatic heterocycles. The molecular formula is C8H10O2. The predicted octanol–water partition coefficient (Wildman–Crippen LogP) is 0.823. The van der Waals surface area contributed by atoms with Gasteiger partial charge in [-0.05, 0) is 37.6 Å². The molecule has 1 atom stereocenters. The number of rotatable bonds is 0. The van der Waals surface area contributed by atoms with Crippen LogP contribution in [0.15, 0.2) is 23.8 Å². The highest BCUT2D eigenvalue weighted by molar-refractivity contribution is 6.04. The average molecular weight is 138 g/mol. The molecule has 54 valence electrons. The quantitative estimate of drug-likeness (QED) is 0.538. The molecule has 0 aromatic rings. The normalized spacial score (nSPS) is 32.3. The molecule has 0 fully saturated rings. The number of carbonyl (C=O) groups is 1. The molecule has 1 aliphatic carbocycles. The molecule has 0 amide bonds. The zero-order valence-corrected chi connectivity index (χ0v) is 6.09. The topological polar surface area (TPSA) is 37.3 Å². The van der Waals surface area contributed by atoms with Gasteiger partial charge in [-0.2, -0.15) is 0 Å². The molecular weight excluding hydrogens is 128 g/mol. The molecule has 10 heavy (non-hydrogen) atoms. The number of carbonyl (C=O) groups excluding carboxylic acids is 1. The van der Waals surface area contributed by atoms with Crippen LogP contribution in [0.2, 0.25) is 0 Å². The van der Waals surface area contributed by atoms with E-state index >= 15 is 0 Å². The summed E-state index contributed by atoms with van der Waals surface area (Å²) in [5.41, 5.74) is -0.328. The smallest absolute Gasteiger partial charge is 0.181 e. The molecule has 0 bridgehead atoms. The molecule has 1 aliphatic rings. The lowest BCUT2D eigenvalue weighted by molar-refractivity contribution is -0.111. The van der Waals surface area contributed by atoms with Crippen molar-refractivity contribution in [2.75, 3.05) is 0 Å². The largest absolute Gasteiger partial charge is 0.382 e. The van der Waals surface area contributed by atoms with Crippen LogP contribution in [0.25, 0.3) is 0 Å². The number of aliphatic hydroxyl groups is 1. The van der Waals surface area contributed by atoms with Crippen molar-refractivity contribution in [3.05, 3.63) is 23.8 Å². The molecule has 2 nitrogen and oxygen atoms in total. The number of allylic oxidation sites excluding steroid dienone is 2. The molecule has 1 rings (SSSR count). The summed E-state index contributed by atoms with van der Waals surface area (Å²) in [7, 11) is 0. The Hall–Kier alpha value is -0.890. The highest BCUT2D eigenvalue weighted by atomic mass is 16.3. The van der Waals surface area contributed by atoms with Crippen molar-refractivity contribution < 1.29 is 9.90 Å². The number of ketones is 1. The summed E-state index contributed by atoms with van der Waals surface area (Å²) in [5, 5.41) is 9.35. The van der Waals surface area contributed by atoms with E-state index in [1.165, 1.54) is 12.2 Å². The van der Waals surface area contributed by atoms with Crippen LogP contribution >= 0.6 is 0 Å². The van der Waals surface area contributed by atoms with E-state index in [4.69, 9.17) is 0 Å². The van der Waals surface area contributed by atoms with Gasteiger partial charge in [-0.25, -0.2) is 0 Å². The van der Waals surface area contributed by atoms with E-state index in [9.17, 15) is 9.90 Å². The maximum Gasteiger partial charge on any atom is 0.181 e. The van der Waals surface area contributed by atoms with Crippen molar-refractivity contribution in [1.82, 2.24) is 0 Å². The van der Waals surface area contributed by atoms with Gasteiger partial charge in [-0.15, -0.1) is 0 Å². The van der Waals surface area contributed by atoms with Crippen LogP contribution in [0.3, 0.4) is 0 Å². The first-order valence-electron chi connectivity index (χ1n) is 3.17. The Morgan fingerprint density at radius 2 is 2.20 bits per heavy atom. The third-order valence-electron chi connectivity index (χ3n) is 1.47. The second-order valence-corrected chi connectivity index (χ2v) is 2.75. The van der Waals surface area contributed by atoms with Crippen molar-refractivity contribution in [3.8, 4) is 0 Å². The van der Waals surface area contributed by atoms with Crippen molar-refractivity contribution in [1.29, 1.82) is 0 Å². The minimum absolute atomic E-state index is 0.0217. The summed E-state index contributed by atoms with van der Waals surface area (Å²) in [6.07, 6.45) is 4.44. The molecule has 0 saturated heterocycles. The van der Waals surface area contributed by atoms with Gasteiger partial charge in [-0.3, -0.25) is 4.79 Å². The summed E-state index contributed by atoms with van der Waals surface area (Å²) in [4.78, 5) is 10.8. The molecule has 0 radical (unpaired) electrons.